The van der Waals surface area contributed by atoms with Crippen molar-refractivity contribution in [2.24, 2.45) is 5.10 Å². The summed E-state index contributed by atoms with van der Waals surface area (Å²) in [6.45, 7) is 3.83. The SMILES string of the molecule is CC/C(=N/NC(=O)CCC(=O)Nc1ccc(Cl)cc1C)c1ccccc1. The minimum atomic E-state index is -0.296. The quantitative estimate of drug-likeness (QED) is 0.562. The standard InChI is InChI=1S/C20H22ClN3O2/c1-3-17(15-7-5-4-6-8-15)23-24-20(26)12-11-19(25)22-18-10-9-16(21)13-14(18)2/h4-10,13H,3,11-12H2,1-2H3,(H,22,25)(H,24,26)/b23-17-. The molecule has 0 atom stereocenters. The summed E-state index contributed by atoms with van der Waals surface area (Å²) in [5, 5.41) is 7.56. The molecule has 2 amide bonds. The molecule has 0 heterocycles. The van der Waals surface area contributed by atoms with Crippen molar-refractivity contribution in [3.63, 3.8) is 0 Å². The van der Waals surface area contributed by atoms with E-state index in [1.165, 1.54) is 0 Å². The molecule has 0 fully saturated rings. The third-order valence-electron chi connectivity index (χ3n) is 3.80. The van der Waals surface area contributed by atoms with E-state index in [1.54, 1.807) is 18.2 Å². The van der Waals surface area contributed by atoms with E-state index in [2.05, 4.69) is 15.8 Å². The van der Waals surface area contributed by atoms with Crippen molar-refractivity contribution in [2.45, 2.75) is 33.1 Å². The van der Waals surface area contributed by atoms with Crippen LogP contribution < -0.4 is 10.7 Å². The minimum absolute atomic E-state index is 0.0632. The first-order chi connectivity index (χ1) is 12.5. The van der Waals surface area contributed by atoms with Crippen LogP contribution in [-0.4, -0.2) is 17.5 Å². The van der Waals surface area contributed by atoms with Crippen molar-refractivity contribution in [3.05, 3.63) is 64.7 Å². The van der Waals surface area contributed by atoms with Crippen molar-refractivity contribution in [3.8, 4) is 0 Å². The van der Waals surface area contributed by atoms with Crippen molar-refractivity contribution in [2.75, 3.05) is 5.32 Å². The van der Waals surface area contributed by atoms with Gasteiger partial charge in [0, 0.05) is 23.6 Å². The number of nitrogens with one attached hydrogen (secondary N) is 2. The molecule has 5 nitrogen and oxygen atoms in total. The fourth-order valence-corrected chi connectivity index (χ4v) is 2.60. The lowest BCUT2D eigenvalue weighted by Crippen LogP contribution is -2.22. The highest BCUT2D eigenvalue weighted by Gasteiger charge is 2.09. The molecule has 0 saturated heterocycles. The average molecular weight is 372 g/mol. The summed E-state index contributed by atoms with van der Waals surface area (Å²) in [6, 6.07) is 14.9. The highest BCUT2D eigenvalue weighted by Crippen LogP contribution is 2.19. The molecule has 0 saturated carbocycles. The van der Waals surface area contributed by atoms with Gasteiger partial charge >= 0.3 is 0 Å². The average Bonchev–Trinajstić information content (AvgIpc) is 2.64. The Labute approximate surface area is 158 Å². The summed E-state index contributed by atoms with van der Waals surface area (Å²) < 4.78 is 0. The molecule has 0 unspecified atom stereocenters. The number of amides is 2. The van der Waals surface area contributed by atoms with Crippen LogP contribution in [0.15, 0.2) is 53.6 Å². The second-order valence-corrected chi connectivity index (χ2v) is 6.26. The van der Waals surface area contributed by atoms with Gasteiger partial charge in [-0.05, 0) is 42.7 Å². The van der Waals surface area contributed by atoms with Crippen molar-refractivity contribution in [1.29, 1.82) is 0 Å². The largest absolute Gasteiger partial charge is 0.326 e. The van der Waals surface area contributed by atoms with Gasteiger partial charge < -0.3 is 5.32 Å². The van der Waals surface area contributed by atoms with Gasteiger partial charge in [0.15, 0.2) is 0 Å². The Morgan fingerprint density at radius 3 is 2.38 bits per heavy atom. The van der Waals surface area contributed by atoms with Gasteiger partial charge in [-0.25, -0.2) is 5.43 Å². The van der Waals surface area contributed by atoms with Crippen molar-refractivity contribution >= 4 is 34.8 Å². The van der Waals surface area contributed by atoms with E-state index in [4.69, 9.17) is 11.6 Å². The number of carbonyl (C=O) groups excluding carboxylic acids is 2. The van der Waals surface area contributed by atoms with E-state index >= 15 is 0 Å². The van der Waals surface area contributed by atoms with Gasteiger partial charge in [0.2, 0.25) is 11.8 Å². The molecule has 2 N–H and O–H groups in total. The molecule has 2 rings (SSSR count). The molecule has 0 radical (unpaired) electrons. The Morgan fingerprint density at radius 2 is 1.73 bits per heavy atom. The summed E-state index contributed by atoms with van der Waals surface area (Å²) >= 11 is 5.89. The summed E-state index contributed by atoms with van der Waals surface area (Å²) in [5.74, 6) is -0.525. The summed E-state index contributed by atoms with van der Waals surface area (Å²) in [5.41, 5.74) is 5.84. The minimum Gasteiger partial charge on any atom is -0.326 e. The Balaban J connectivity index is 1.84. The molecular weight excluding hydrogens is 350 g/mol. The van der Waals surface area contributed by atoms with Crippen molar-refractivity contribution < 1.29 is 9.59 Å². The number of carbonyl (C=O) groups is 2. The number of hydrazone groups is 1. The van der Waals surface area contributed by atoms with Gasteiger partial charge in [-0.2, -0.15) is 5.10 Å². The lowest BCUT2D eigenvalue weighted by molar-refractivity contribution is -0.124. The smallest absolute Gasteiger partial charge is 0.240 e. The third kappa shape index (κ3) is 6.01. The number of anilines is 1. The van der Waals surface area contributed by atoms with Crippen LogP contribution >= 0.6 is 11.6 Å². The second-order valence-electron chi connectivity index (χ2n) is 5.82. The first kappa shape index (κ1) is 19.7. The van der Waals surface area contributed by atoms with Gasteiger partial charge in [0.25, 0.3) is 0 Å². The summed E-state index contributed by atoms with van der Waals surface area (Å²) in [4.78, 5) is 24.0. The van der Waals surface area contributed by atoms with Gasteiger partial charge in [0.1, 0.15) is 0 Å². The van der Waals surface area contributed by atoms with Crippen molar-refractivity contribution in [1.82, 2.24) is 5.43 Å². The van der Waals surface area contributed by atoms with Gasteiger partial charge in [-0.15, -0.1) is 0 Å². The maximum absolute atomic E-state index is 12.0. The number of halogens is 1. The van der Waals surface area contributed by atoms with E-state index in [1.807, 2.05) is 44.2 Å². The maximum atomic E-state index is 12.0. The number of hydrogen-bond donors (Lipinski definition) is 2. The monoisotopic (exact) mass is 371 g/mol. The first-order valence-corrected chi connectivity index (χ1v) is 8.84. The van der Waals surface area contributed by atoms with Crippen LogP contribution in [0.2, 0.25) is 5.02 Å². The number of nitrogens with zero attached hydrogens (tertiary/aromatic N) is 1. The highest BCUT2D eigenvalue weighted by atomic mass is 35.5. The molecule has 0 bridgehead atoms. The first-order valence-electron chi connectivity index (χ1n) is 8.46. The zero-order valence-electron chi connectivity index (χ0n) is 14.9. The van der Waals surface area contributed by atoms with Crippen LogP contribution in [0, 0.1) is 6.92 Å². The molecule has 0 aliphatic carbocycles. The van der Waals surface area contributed by atoms with Crippen LogP contribution in [0.3, 0.4) is 0 Å². The number of rotatable bonds is 7. The van der Waals surface area contributed by atoms with Crippen LogP contribution in [0.4, 0.5) is 5.69 Å². The van der Waals surface area contributed by atoms with Gasteiger partial charge in [-0.3, -0.25) is 9.59 Å². The van der Waals surface area contributed by atoms with Gasteiger partial charge in [0.05, 0.1) is 5.71 Å². The van der Waals surface area contributed by atoms with Crippen LogP contribution in [0.1, 0.15) is 37.3 Å². The normalized spacial score (nSPS) is 11.1. The van der Waals surface area contributed by atoms with E-state index in [0.717, 1.165) is 16.8 Å². The zero-order valence-corrected chi connectivity index (χ0v) is 15.6. The van der Waals surface area contributed by atoms with E-state index in [-0.39, 0.29) is 24.7 Å². The Morgan fingerprint density at radius 1 is 1.04 bits per heavy atom. The zero-order chi connectivity index (χ0) is 18.9. The van der Waals surface area contributed by atoms with E-state index in [9.17, 15) is 9.59 Å². The molecule has 2 aromatic rings. The molecule has 26 heavy (non-hydrogen) atoms. The molecular formula is C20H22ClN3O2. The predicted molar refractivity (Wildman–Crippen MR) is 105 cm³/mol. The molecule has 6 heteroatoms. The molecule has 0 aliphatic heterocycles. The van der Waals surface area contributed by atoms with Crippen LogP contribution in [0.5, 0.6) is 0 Å². The second kappa shape index (κ2) is 9.73. The van der Waals surface area contributed by atoms with Gasteiger partial charge in [-0.1, -0.05) is 48.9 Å². The van der Waals surface area contributed by atoms with Crippen LogP contribution in [-0.2, 0) is 9.59 Å². The Hall–Kier alpha value is -2.66. The number of benzene rings is 2. The molecule has 136 valence electrons. The number of aryl methyl sites for hydroxylation is 1. The topological polar surface area (TPSA) is 70.6 Å². The lowest BCUT2D eigenvalue weighted by atomic mass is 10.1. The third-order valence-corrected chi connectivity index (χ3v) is 4.03. The van der Waals surface area contributed by atoms with E-state index in [0.29, 0.717) is 17.1 Å². The molecule has 2 aromatic carbocycles. The Kier molecular flexibility index (Phi) is 7.36. The summed E-state index contributed by atoms with van der Waals surface area (Å²) in [6.07, 6.45) is 0.838. The maximum Gasteiger partial charge on any atom is 0.240 e. The fourth-order valence-electron chi connectivity index (χ4n) is 2.37. The Bertz CT molecular complexity index is 804. The number of hydrogen-bond acceptors (Lipinski definition) is 3. The lowest BCUT2D eigenvalue weighted by Gasteiger charge is -2.08. The molecule has 0 aliphatic rings. The highest BCUT2D eigenvalue weighted by molar-refractivity contribution is 6.30. The van der Waals surface area contributed by atoms with E-state index < -0.39 is 0 Å². The fraction of sp³-hybridized carbons (Fsp3) is 0.250. The predicted octanol–water partition coefficient (Wildman–Crippen LogP) is 4.30. The molecule has 0 aromatic heterocycles. The molecule has 0 spiro atoms. The van der Waals surface area contributed by atoms with Crippen LogP contribution in [0.25, 0.3) is 0 Å². The summed E-state index contributed by atoms with van der Waals surface area (Å²) in [7, 11) is 0.